The van der Waals surface area contributed by atoms with Gasteiger partial charge in [0, 0.05) is 20.2 Å². The summed E-state index contributed by atoms with van der Waals surface area (Å²) in [5, 5.41) is 6.77. The van der Waals surface area contributed by atoms with E-state index in [1.807, 2.05) is 19.9 Å². The van der Waals surface area contributed by atoms with Crippen LogP contribution in [-0.4, -0.2) is 56.3 Å². The predicted molar refractivity (Wildman–Crippen MR) is 113 cm³/mol. The highest BCUT2D eigenvalue weighted by Crippen LogP contribution is 2.24. The monoisotopic (exact) mass is 464 g/mol. The molecule has 7 heteroatoms. The molecule has 2 rings (SSSR count). The van der Waals surface area contributed by atoms with Gasteiger partial charge in [0.1, 0.15) is 5.76 Å². The van der Waals surface area contributed by atoms with Gasteiger partial charge in [0.15, 0.2) is 5.96 Å². The number of likely N-dealkylation sites (tertiary alicyclic amines) is 1. The Morgan fingerprint density at radius 2 is 2.08 bits per heavy atom. The second kappa shape index (κ2) is 11.0. The van der Waals surface area contributed by atoms with Gasteiger partial charge in [-0.2, -0.15) is 0 Å². The molecule has 0 amide bonds. The number of nitrogens with zero attached hydrogens (tertiary/aromatic N) is 2. The molecule has 1 fully saturated rings. The van der Waals surface area contributed by atoms with E-state index >= 15 is 0 Å². The topological polar surface area (TPSA) is 62.0 Å². The smallest absolute Gasteiger partial charge is 0.191 e. The molecule has 1 aliphatic rings. The molecule has 1 unspecified atom stereocenters. The van der Waals surface area contributed by atoms with E-state index in [0.717, 1.165) is 37.9 Å². The molecule has 6 nitrogen and oxygen atoms in total. The zero-order chi connectivity index (χ0) is 17.4. The van der Waals surface area contributed by atoms with Crippen molar-refractivity contribution < 1.29 is 9.15 Å². The highest BCUT2D eigenvalue weighted by Gasteiger charge is 2.25. The molecular formula is C18H33IN4O2. The average molecular weight is 464 g/mol. The number of nitrogens with one attached hydrogen (secondary N) is 2. The number of furan rings is 1. The first kappa shape index (κ1) is 22.2. The summed E-state index contributed by atoms with van der Waals surface area (Å²) in [7, 11) is 1.72. The second-order valence-corrected chi connectivity index (χ2v) is 6.81. The third kappa shape index (κ3) is 7.15. The zero-order valence-corrected chi connectivity index (χ0v) is 18.2. The van der Waals surface area contributed by atoms with E-state index in [0.29, 0.717) is 6.54 Å². The van der Waals surface area contributed by atoms with E-state index in [9.17, 15) is 0 Å². The minimum Gasteiger partial charge on any atom is -0.468 e. The molecule has 1 aromatic heterocycles. The number of hydrogen-bond acceptors (Lipinski definition) is 4. The summed E-state index contributed by atoms with van der Waals surface area (Å²) < 4.78 is 11.1. The quantitative estimate of drug-likeness (QED) is 0.352. The highest BCUT2D eigenvalue weighted by atomic mass is 127. The highest BCUT2D eigenvalue weighted by molar-refractivity contribution is 14.0. The van der Waals surface area contributed by atoms with Crippen molar-refractivity contribution in [2.45, 2.75) is 45.3 Å². The van der Waals surface area contributed by atoms with Crippen molar-refractivity contribution in [2.75, 3.05) is 39.8 Å². The normalized spacial score (nSPS) is 17.2. The summed E-state index contributed by atoms with van der Waals surface area (Å²) in [6, 6.07) is 4.25. The second-order valence-electron chi connectivity index (χ2n) is 6.81. The molecule has 1 aromatic rings. The molecule has 0 saturated carbocycles. The van der Waals surface area contributed by atoms with Crippen molar-refractivity contribution in [3.8, 4) is 0 Å². The first-order valence-electron chi connectivity index (χ1n) is 8.90. The summed E-state index contributed by atoms with van der Waals surface area (Å²) in [5.41, 5.74) is -0.266. The summed E-state index contributed by atoms with van der Waals surface area (Å²) in [6.07, 6.45) is 4.26. The summed E-state index contributed by atoms with van der Waals surface area (Å²) in [5.74, 6) is 1.83. The van der Waals surface area contributed by atoms with E-state index in [1.165, 1.54) is 12.8 Å². The first-order chi connectivity index (χ1) is 11.6. The van der Waals surface area contributed by atoms with E-state index < -0.39 is 0 Å². The van der Waals surface area contributed by atoms with Crippen LogP contribution in [0, 0.1) is 0 Å². The van der Waals surface area contributed by atoms with Crippen LogP contribution in [-0.2, 0) is 4.74 Å². The van der Waals surface area contributed by atoms with E-state index in [-0.39, 0.29) is 35.6 Å². The summed E-state index contributed by atoms with van der Waals surface area (Å²) >= 11 is 0. The third-order valence-corrected chi connectivity index (χ3v) is 4.43. The van der Waals surface area contributed by atoms with Crippen LogP contribution in [0.5, 0.6) is 0 Å². The number of ether oxygens (including phenoxy) is 1. The maximum atomic E-state index is 5.67. The van der Waals surface area contributed by atoms with Gasteiger partial charge in [-0.25, -0.2) is 0 Å². The standard InChI is InChI=1S/C18H32N4O2.HI/c1-5-19-17(21-14-18(2,3)23-4)20-13-15(16-9-8-12-24-16)22-10-6-7-11-22;/h8-9,12,15H,5-7,10-11,13-14H2,1-4H3,(H2,19,20,21);1H. The van der Waals surface area contributed by atoms with E-state index in [1.54, 1.807) is 13.4 Å². The Kier molecular flexibility index (Phi) is 9.81. The molecule has 0 spiro atoms. The Labute approximate surface area is 168 Å². The third-order valence-electron chi connectivity index (χ3n) is 4.43. The van der Waals surface area contributed by atoms with Crippen LogP contribution in [0.3, 0.4) is 0 Å². The molecule has 144 valence electrons. The molecule has 2 heterocycles. The van der Waals surface area contributed by atoms with Gasteiger partial charge in [0.2, 0.25) is 0 Å². The van der Waals surface area contributed by atoms with Crippen LogP contribution < -0.4 is 10.6 Å². The summed E-state index contributed by atoms with van der Waals surface area (Å²) in [6.45, 7) is 10.6. The Balaban J connectivity index is 0.00000312. The number of halogens is 1. The van der Waals surface area contributed by atoms with Crippen LogP contribution >= 0.6 is 24.0 Å². The molecule has 1 saturated heterocycles. The van der Waals surface area contributed by atoms with Crippen LogP contribution in [0.2, 0.25) is 0 Å². The van der Waals surface area contributed by atoms with Gasteiger partial charge in [-0.1, -0.05) is 0 Å². The fraction of sp³-hybridized carbons (Fsp3) is 0.722. The van der Waals surface area contributed by atoms with Crippen LogP contribution in [0.4, 0.5) is 0 Å². The lowest BCUT2D eigenvalue weighted by atomic mass is 10.1. The van der Waals surface area contributed by atoms with Crippen molar-refractivity contribution in [2.24, 2.45) is 4.99 Å². The fourth-order valence-electron chi connectivity index (χ4n) is 2.81. The van der Waals surface area contributed by atoms with Gasteiger partial charge in [-0.15, -0.1) is 24.0 Å². The summed E-state index contributed by atoms with van der Waals surface area (Å²) in [4.78, 5) is 7.14. The van der Waals surface area contributed by atoms with Crippen LogP contribution in [0.25, 0.3) is 0 Å². The average Bonchev–Trinajstić information content (AvgIpc) is 3.27. The van der Waals surface area contributed by atoms with Crippen molar-refractivity contribution in [1.82, 2.24) is 15.5 Å². The molecule has 0 bridgehead atoms. The molecule has 2 N–H and O–H groups in total. The van der Waals surface area contributed by atoms with Crippen LogP contribution in [0.15, 0.2) is 27.8 Å². The van der Waals surface area contributed by atoms with Gasteiger partial charge < -0.3 is 19.8 Å². The zero-order valence-electron chi connectivity index (χ0n) is 15.9. The molecule has 0 aromatic carbocycles. The molecule has 0 radical (unpaired) electrons. The first-order valence-corrected chi connectivity index (χ1v) is 8.90. The van der Waals surface area contributed by atoms with Gasteiger partial charge in [0.25, 0.3) is 0 Å². The predicted octanol–water partition coefficient (Wildman–Crippen LogP) is 3.01. The maximum absolute atomic E-state index is 5.67. The lowest BCUT2D eigenvalue weighted by Crippen LogP contribution is -2.43. The van der Waals surface area contributed by atoms with Crippen molar-refractivity contribution in [1.29, 1.82) is 0 Å². The Morgan fingerprint density at radius 1 is 1.36 bits per heavy atom. The SMILES string of the molecule is CCNC(=NCC(C)(C)OC)NCC(c1ccco1)N1CCCC1.I. The van der Waals surface area contributed by atoms with Crippen molar-refractivity contribution >= 4 is 29.9 Å². The molecular weight excluding hydrogens is 431 g/mol. The number of hydrogen-bond donors (Lipinski definition) is 2. The number of aliphatic imine (C=N–C) groups is 1. The Bertz CT molecular complexity index is 499. The van der Waals surface area contributed by atoms with Gasteiger partial charge in [-0.05, 0) is 58.8 Å². The van der Waals surface area contributed by atoms with Crippen molar-refractivity contribution in [3.63, 3.8) is 0 Å². The largest absolute Gasteiger partial charge is 0.468 e. The minimum atomic E-state index is -0.266. The molecule has 1 aliphatic heterocycles. The molecule has 25 heavy (non-hydrogen) atoms. The number of rotatable bonds is 8. The van der Waals surface area contributed by atoms with Crippen LogP contribution in [0.1, 0.15) is 45.4 Å². The Hall–Kier alpha value is -0.800. The van der Waals surface area contributed by atoms with Gasteiger partial charge in [0.05, 0.1) is 24.5 Å². The number of guanidine groups is 1. The van der Waals surface area contributed by atoms with Gasteiger partial charge in [-0.3, -0.25) is 9.89 Å². The molecule has 0 aliphatic carbocycles. The van der Waals surface area contributed by atoms with Crippen molar-refractivity contribution in [3.05, 3.63) is 24.2 Å². The maximum Gasteiger partial charge on any atom is 0.191 e. The fourth-order valence-corrected chi connectivity index (χ4v) is 2.81. The lowest BCUT2D eigenvalue weighted by molar-refractivity contribution is 0.0310. The minimum absolute atomic E-state index is 0. The Morgan fingerprint density at radius 3 is 2.64 bits per heavy atom. The molecule has 1 atom stereocenters. The lowest BCUT2D eigenvalue weighted by Gasteiger charge is -2.27. The van der Waals surface area contributed by atoms with E-state index in [2.05, 4.69) is 33.5 Å². The van der Waals surface area contributed by atoms with E-state index in [4.69, 9.17) is 9.15 Å². The number of methoxy groups -OCH3 is 1. The van der Waals surface area contributed by atoms with Gasteiger partial charge >= 0.3 is 0 Å².